The molecule has 6 heteroatoms. The molecule has 1 N–H and O–H groups in total. The maximum absolute atomic E-state index is 11.0. The highest BCUT2D eigenvalue weighted by Gasteiger charge is 2.32. The van der Waals surface area contributed by atoms with Crippen LogP contribution in [0.4, 0.5) is 0 Å². The maximum atomic E-state index is 11.0. The predicted octanol–water partition coefficient (Wildman–Crippen LogP) is 4.90. The number of likely N-dealkylation sites (tertiary alicyclic amines) is 1. The van der Waals surface area contributed by atoms with Crippen LogP contribution in [0.15, 0.2) is 52.9 Å². The van der Waals surface area contributed by atoms with E-state index >= 15 is 0 Å². The molecule has 0 atom stereocenters. The fraction of sp³-hybridized carbons (Fsp3) is 0.320. The molecule has 2 aromatic carbocycles. The van der Waals surface area contributed by atoms with Crippen LogP contribution in [0.2, 0.25) is 0 Å². The summed E-state index contributed by atoms with van der Waals surface area (Å²) in [7, 11) is 0. The highest BCUT2D eigenvalue weighted by Crippen LogP contribution is 2.27. The normalized spacial score (nSPS) is 15.1. The molecule has 160 valence electrons. The Bertz CT molecular complexity index is 1080. The third-order valence-electron chi connectivity index (χ3n) is 5.64. The highest BCUT2D eigenvalue weighted by molar-refractivity contribution is 5.79. The van der Waals surface area contributed by atoms with E-state index in [0.29, 0.717) is 24.9 Å². The highest BCUT2D eigenvalue weighted by atomic mass is 16.4. The van der Waals surface area contributed by atoms with E-state index < -0.39 is 5.97 Å². The summed E-state index contributed by atoms with van der Waals surface area (Å²) in [5.74, 6) is 0.0669. The smallest absolute Gasteiger partial charge is 0.309 e. The number of allylic oxidation sites excluding steroid dienone is 1. The van der Waals surface area contributed by atoms with Gasteiger partial charge in [0, 0.05) is 31.3 Å². The number of carboxylic acid groups (broad SMARTS) is 1. The fourth-order valence-electron chi connectivity index (χ4n) is 3.95. The lowest BCUT2D eigenvalue weighted by molar-refractivity contribution is -0.147. The van der Waals surface area contributed by atoms with Crippen LogP contribution in [0, 0.1) is 12.8 Å². The van der Waals surface area contributed by atoms with Crippen molar-refractivity contribution in [3.05, 3.63) is 71.1 Å². The number of hydrogen-bond acceptors (Lipinski definition) is 5. The first kappa shape index (κ1) is 21.0. The van der Waals surface area contributed by atoms with Crippen molar-refractivity contribution < 1.29 is 14.3 Å². The molecule has 0 saturated carbocycles. The van der Waals surface area contributed by atoms with Gasteiger partial charge in [-0.25, -0.2) is 0 Å². The van der Waals surface area contributed by atoms with E-state index in [4.69, 9.17) is 9.52 Å². The van der Waals surface area contributed by atoms with Gasteiger partial charge >= 0.3 is 5.97 Å². The van der Waals surface area contributed by atoms with Crippen LogP contribution in [0.5, 0.6) is 0 Å². The average Bonchev–Trinajstić information content (AvgIpc) is 3.19. The lowest BCUT2D eigenvalue weighted by atomic mass is 9.98. The molecule has 1 aliphatic heterocycles. The van der Waals surface area contributed by atoms with E-state index in [2.05, 4.69) is 40.2 Å². The summed E-state index contributed by atoms with van der Waals surface area (Å²) < 4.78 is 5.97. The van der Waals surface area contributed by atoms with Crippen molar-refractivity contribution in [1.82, 2.24) is 15.1 Å². The lowest BCUT2D eigenvalue weighted by Crippen LogP contribution is -2.49. The lowest BCUT2D eigenvalue weighted by Gasteiger charge is -2.36. The van der Waals surface area contributed by atoms with Gasteiger partial charge in [0.05, 0.1) is 5.92 Å². The molecular weight excluding hydrogens is 390 g/mol. The van der Waals surface area contributed by atoms with Crippen LogP contribution < -0.4 is 0 Å². The van der Waals surface area contributed by atoms with Crippen molar-refractivity contribution in [3.63, 3.8) is 0 Å². The first-order valence-corrected chi connectivity index (χ1v) is 10.7. The predicted molar refractivity (Wildman–Crippen MR) is 120 cm³/mol. The number of benzene rings is 2. The molecule has 1 fully saturated rings. The molecule has 6 nitrogen and oxygen atoms in total. The van der Waals surface area contributed by atoms with Gasteiger partial charge in [-0.15, -0.1) is 10.2 Å². The number of nitrogens with zero attached hydrogens (tertiary/aromatic N) is 3. The fourth-order valence-corrected chi connectivity index (χ4v) is 3.95. The molecule has 1 aliphatic rings. The Morgan fingerprint density at radius 3 is 2.65 bits per heavy atom. The van der Waals surface area contributed by atoms with E-state index in [9.17, 15) is 4.79 Å². The summed E-state index contributed by atoms with van der Waals surface area (Å²) in [5, 5.41) is 17.5. The monoisotopic (exact) mass is 417 g/mol. The minimum atomic E-state index is -0.710. The molecule has 1 aromatic heterocycles. The molecule has 31 heavy (non-hydrogen) atoms. The first-order valence-electron chi connectivity index (χ1n) is 10.7. The first-order chi connectivity index (χ1) is 15.0. The van der Waals surface area contributed by atoms with Gasteiger partial charge in [-0.05, 0) is 41.7 Å². The molecule has 2 heterocycles. The van der Waals surface area contributed by atoms with Crippen molar-refractivity contribution in [2.75, 3.05) is 13.1 Å². The van der Waals surface area contributed by atoms with E-state index in [1.165, 1.54) is 11.1 Å². The molecule has 0 radical (unpaired) electrons. The second kappa shape index (κ2) is 9.27. The second-order valence-corrected chi connectivity index (χ2v) is 8.11. The maximum Gasteiger partial charge on any atom is 0.309 e. The van der Waals surface area contributed by atoms with Crippen LogP contribution in [-0.2, 0) is 11.3 Å². The molecule has 3 aromatic rings. The zero-order valence-corrected chi connectivity index (χ0v) is 17.9. The van der Waals surface area contributed by atoms with Gasteiger partial charge in [0.1, 0.15) is 0 Å². The molecule has 0 spiro atoms. The Hall–Kier alpha value is -3.25. The number of aliphatic carboxylic acids is 1. The van der Waals surface area contributed by atoms with Crippen molar-refractivity contribution >= 4 is 17.6 Å². The second-order valence-electron chi connectivity index (χ2n) is 8.11. The van der Waals surface area contributed by atoms with Gasteiger partial charge in [0.15, 0.2) is 0 Å². The quantitative estimate of drug-likeness (QED) is 0.561. The number of carboxylic acids is 1. The molecule has 0 aliphatic carbocycles. The minimum Gasteiger partial charge on any atom is -0.481 e. The zero-order chi connectivity index (χ0) is 21.8. The SMILES string of the molecule is CCC/C(=C\c1nnc(-c2ccc(CN3CC(C(=O)O)C3)cc2C)o1)c1ccccc1. The van der Waals surface area contributed by atoms with E-state index in [-0.39, 0.29) is 5.92 Å². The number of aromatic nitrogens is 2. The van der Waals surface area contributed by atoms with Crippen molar-refractivity contribution in [1.29, 1.82) is 0 Å². The summed E-state index contributed by atoms with van der Waals surface area (Å²) >= 11 is 0. The van der Waals surface area contributed by atoms with Crippen LogP contribution >= 0.6 is 0 Å². The van der Waals surface area contributed by atoms with Crippen LogP contribution in [0.3, 0.4) is 0 Å². The van der Waals surface area contributed by atoms with Crippen molar-refractivity contribution in [2.45, 2.75) is 33.2 Å². The third-order valence-corrected chi connectivity index (χ3v) is 5.64. The standard InChI is InChI=1S/C25H27N3O3/c1-3-7-20(19-8-5-4-6-9-19)13-23-26-27-24(31-23)22-11-10-18(12-17(22)2)14-28-15-21(16-28)25(29)30/h4-6,8-13,21H,3,7,14-16H2,1-2H3,(H,29,30)/b20-13+. The van der Waals surface area contributed by atoms with E-state index in [1.54, 1.807) is 0 Å². The summed E-state index contributed by atoms with van der Waals surface area (Å²) in [6.07, 6.45) is 3.95. The Balaban J connectivity index is 1.49. The van der Waals surface area contributed by atoms with Crippen LogP contribution in [0.1, 0.15) is 42.3 Å². The molecule has 4 rings (SSSR count). The molecule has 1 saturated heterocycles. The Morgan fingerprint density at radius 2 is 1.97 bits per heavy atom. The molecule has 0 amide bonds. The Labute approximate surface area is 182 Å². The largest absolute Gasteiger partial charge is 0.481 e. The van der Waals surface area contributed by atoms with Gasteiger partial charge in [0.2, 0.25) is 11.8 Å². The van der Waals surface area contributed by atoms with Crippen molar-refractivity contribution in [2.24, 2.45) is 5.92 Å². The number of aryl methyl sites for hydroxylation is 1. The molecule has 0 unspecified atom stereocenters. The van der Waals surface area contributed by atoms with Crippen LogP contribution in [-0.4, -0.2) is 39.3 Å². The van der Waals surface area contributed by atoms with Gasteiger partial charge in [-0.1, -0.05) is 55.8 Å². The van der Waals surface area contributed by atoms with Crippen molar-refractivity contribution in [3.8, 4) is 11.5 Å². The Kier molecular flexibility index (Phi) is 6.28. The Morgan fingerprint density at radius 1 is 1.19 bits per heavy atom. The molecule has 0 bridgehead atoms. The zero-order valence-electron chi connectivity index (χ0n) is 17.9. The summed E-state index contributed by atoms with van der Waals surface area (Å²) in [6, 6.07) is 16.4. The van der Waals surface area contributed by atoms with E-state index in [0.717, 1.165) is 36.1 Å². The number of hydrogen-bond donors (Lipinski definition) is 1. The van der Waals surface area contributed by atoms with Gasteiger partial charge < -0.3 is 9.52 Å². The van der Waals surface area contributed by atoms with Gasteiger partial charge in [0.25, 0.3) is 0 Å². The third kappa shape index (κ3) is 4.91. The number of rotatable bonds is 8. The minimum absolute atomic E-state index is 0.237. The summed E-state index contributed by atoms with van der Waals surface area (Å²) in [4.78, 5) is 13.1. The van der Waals surface area contributed by atoms with E-state index in [1.807, 2.05) is 43.3 Å². The molecular formula is C25H27N3O3. The summed E-state index contributed by atoms with van der Waals surface area (Å²) in [6.45, 7) is 6.15. The van der Waals surface area contributed by atoms with Gasteiger partial charge in [-0.2, -0.15) is 0 Å². The van der Waals surface area contributed by atoms with Gasteiger partial charge in [-0.3, -0.25) is 9.69 Å². The topological polar surface area (TPSA) is 79.5 Å². The van der Waals surface area contributed by atoms with Crippen LogP contribution in [0.25, 0.3) is 23.1 Å². The average molecular weight is 418 g/mol. The number of carbonyl (C=O) groups is 1. The summed E-state index contributed by atoms with van der Waals surface area (Å²) in [5.41, 5.74) is 5.47.